The summed E-state index contributed by atoms with van der Waals surface area (Å²) in [5, 5.41) is 0. The molecule has 0 aromatic heterocycles. The lowest BCUT2D eigenvalue weighted by atomic mass is 10.2. The van der Waals surface area contributed by atoms with Crippen LogP contribution in [0.5, 0.6) is 0 Å². The molecule has 0 aromatic carbocycles. The van der Waals surface area contributed by atoms with Crippen molar-refractivity contribution in [3.63, 3.8) is 0 Å². The Labute approximate surface area is 68.9 Å². The largest absolute Gasteiger partial charge is 0.342 e. The van der Waals surface area contributed by atoms with Crippen LogP contribution in [0, 0.1) is 0 Å². The van der Waals surface area contributed by atoms with Crippen LogP contribution in [-0.2, 0) is 4.79 Å². The van der Waals surface area contributed by atoms with Crippen molar-refractivity contribution in [1.82, 2.24) is 4.90 Å². The quantitative estimate of drug-likeness (QED) is 0.569. The van der Waals surface area contributed by atoms with E-state index in [1.165, 1.54) is 0 Å². The molecule has 0 atom stereocenters. The van der Waals surface area contributed by atoms with E-state index < -0.39 is 0 Å². The zero-order valence-electron chi connectivity index (χ0n) is 7.85. The Kier molecular flexibility index (Phi) is 4.59. The van der Waals surface area contributed by atoms with Gasteiger partial charge in [-0.1, -0.05) is 13.0 Å². The first-order chi connectivity index (χ1) is 5.17. The Morgan fingerprint density at radius 3 is 2.27 bits per heavy atom. The van der Waals surface area contributed by atoms with Gasteiger partial charge in [0.15, 0.2) is 0 Å². The summed E-state index contributed by atoms with van der Waals surface area (Å²) in [6.07, 6.45) is 2.70. The molecule has 0 aliphatic carbocycles. The number of rotatable bonds is 3. The first-order valence-corrected chi connectivity index (χ1v) is 4.07. The molecule has 64 valence electrons. The van der Waals surface area contributed by atoms with Crippen molar-refractivity contribution in [2.45, 2.75) is 27.2 Å². The van der Waals surface area contributed by atoms with Crippen molar-refractivity contribution < 1.29 is 4.79 Å². The first-order valence-electron chi connectivity index (χ1n) is 4.07. The fraction of sp³-hybridized carbons (Fsp3) is 0.667. The molecule has 0 aliphatic heterocycles. The third kappa shape index (κ3) is 2.74. The van der Waals surface area contributed by atoms with Crippen molar-refractivity contribution in [2.75, 3.05) is 13.6 Å². The Morgan fingerprint density at radius 1 is 1.45 bits per heavy atom. The SMILES string of the molecule is C/C=C(/CC)C(=O)N(C)CC. The van der Waals surface area contributed by atoms with Gasteiger partial charge in [0.25, 0.3) is 0 Å². The monoisotopic (exact) mass is 155 g/mol. The van der Waals surface area contributed by atoms with E-state index in [4.69, 9.17) is 0 Å². The maximum Gasteiger partial charge on any atom is 0.249 e. The second-order valence-electron chi connectivity index (χ2n) is 2.49. The van der Waals surface area contributed by atoms with Gasteiger partial charge in [-0.15, -0.1) is 0 Å². The molecule has 2 nitrogen and oxygen atoms in total. The predicted octanol–water partition coefficient (Wildman–Crippen LogP) is 1.82. The van der Waals surface area contributed by atoms with E-state index in [-0.39, 0.29) is 5.91 Å². The highest BCUT2D eigenvalue weighted by Crippen LogP contribution is 2.03. The van der Waals surface area contributed by atoms with Crippen LogP contribution in [0.25, 0.3) is 0 Å². The van der Waals surface area contributed by atoms with E-state index in [9.17, 15) is 4.79 Å². The lowest BCUT2D eigenvalue weighted by molar-refractivity contribution is -0.125. The molecule has 0 heterocycles. The van der Waals surface area contributed by atoms with E-state index >= 15 is 0 Å². The van der Waals surface area contributed by atoms with E-state index in [2.05, 4.69) is 0 Å². The highest BCUT2D eigenvalue weighted by atomic mass is 16.2. The summed E-state index contributed by atoms with van der Waals surface area (Å²) < 4.78 is 0. The Bertz CT molecular complexity index is 161. The normalized spacial score (nSPS) is 11.5. The van der Waals surface area contributed by atoms with Gasteiger partial charge in [0.1, 0.15) is 0 Å². The summed E-state index contributed by atoms with van der Waals surface area (Å²) in [7, 11) is 1.82. The molecule has 2 heteroatoms. The van der Waals surface area contributed by atoms with Gasteiger partial charge < -0.3 is 4.90 Å². The second-order valence-corrected chi connectivity index (χ2v) is 2.49. The third-order valence-electron chi connectivity index (χ3n) is 1.83. The first kappa shape index (κ1) is 10.2. The minimum absolute atomic E-state index is 0.150. The molecule has 0 fully saturated rings. The lowest BCUT2D eigenvalue weighted by Crippen LogP contribution is -2.27. The van der Waals surface area contributed by atoms with Gasteiger partial charge in [0, 0.05) is 19.2 Å². The number of hydrogen-bond donors (Lipinski definition) is 0. The third-order valence-corrected chi connectivity index (χ3v) is 1.83. The summed E-state index contributed by atoms with van der Waals surface area (Å²) in [6.45, 7) is 6.65. The zero-order chi connectivity index (χ0) is 8.85. The van der Waals surface area contributed by atoms with Gasteiger partial charge in [-0.2, -0.15) is 0 Å². The Morgan fingerprint density at radius 2 is 2.00 bits per heavy atom. The van der Waals surface area contributed by atoms with Crippen LogP contribution in [0.1, 0.15) is 27.2 Å². The standard InChI is InChI=1S/C9H17NO/c1-5-8(6-2)9(11)10(4)7-3/h5H,6-7H2,1-4H3/b8-5-. The minimum Gasteiger partial charge on any atom is -0.342 e. The average Bonchev–Trinajstić information content (AvgIpc) is 2.05. The number of likely N-dealkylation sites (N-methyl/N-ethyl adjacent to an activating group) is 1. The maximum absolute atomic E-state index is 11.4. The van der Waals surface area contributed by atoms with Gasteiger partial charge >= 0.3 is 0 Å². The summed E-state index contributed by atoms with van der Waals surface area (Å²) in [5.41, 5.74) is 0.898. The van der Waals surface area contributed by atoms with E-state index in [0.29, 0.717) is 0 Å². The van der Waals surface area contributed by atoms with Crippen molar-refractivity contribution in [1.29, 1.82) is 0 Å². The zero-order valence-corrected chi connectivity index (χ0v) is 7.85. The number of nitrogens with zero attached hydrogens (tertiary/aromatic N) is 1. The molecule has 1 amide bonds. The number of carbonyl (C=O) groups excluding carboxylic acids is 1. The molecule has 0 unspecified atom stereocenters. The fourth-order valence-electron chi connectivity index (χ4n) is 0.868. The smallest absolute Gasteiger partial charge is 0.249 e. The number of allylic oxidation sites excluding steroid dienone is 1. The minimum atomic E-state index is 0.150. The molecule has 0 bridgehead atoms. The van der Waals surface area contributed by atoms with Gasteiger partial charge in [-0.05, 0) is 20.3 Å². The topological polar surface area (TPSA) is 20.3 Å². The molecule has 11 heavy (non-hydrogen) atoms. The molecule has 0 aromatic rings. The Hall–Kier alpha value is -0.790. The summed E-state index contributed by atoms with van der Waals surface area (Å²) in [4.78, 5) is 13.1. The fourth-order valence-corrected chi connectivity index (χ4v) is 0.868. The van der Waals surface area contributed by atoms with Crippen molar-refractivity contribution in [3.05, 3.63) is 11.6 Å². The van der Waals surface area contributed by atoms with E-state index in [1.807, 2.05) is 33.9 Å². The van der Waals surface area contributed by atoms with Crippen LogP contribution >= 0.6 is 0 Å². The van der Waals surface area contributed by atoms with E-state index in [0.717, 1.165) is 18.5 Å². The molecule has 0 aliphatic rings. The van der Waals surface area contributed by atoms with Gasteiger partial charge in [0.05, 0.1) is 0 Å². The van der Waals surface area contributed by atoms with Gasteiger partial charge in [-0.3, -0.25) is 4.79 Å². The van der Waals surface area contributed by atoms with Crippen LogP contribution < -0.4 is 0 Å². The number of carbonyl (C=O) groups is 1. The van der Waals surface area contributed by atoms with Crippen molar-refractivity contribution >= 4 is 5.91 Å². The summed E-state index contributed by atoms with van der Waals surface area (Å²) in [5.74, 6) is 0.150. The molecular weight excluding hydrogens is 138 g/mol. The molecule has 0 N–H and O–H groups in total. The highest BCUT2D eigenvalue weighted by Gasteiger charge is 2.09. The van der Waals surface area contributed by atoms with Crippen LogP contribution in [0.4, 0.5) is 0 Å². The van der Waals surface area contributed by atoms with Crippen molar-refractivity contribution in [2.24, 2.45) is 0 Å². The van der Waals surface area contributed by atoms with Crippen LogP contribution in [-0.4, -0.2) is 24.4 Å². The summed E-state index contributed by atoms with van der Waals surface area (Å²) in [6, 6.07) is 0. The molecule has 0 saturated heterocycles. The highest BCUT2D eigenvalue weighted by molar-refractivity contribution is 5.93. The van der Waals surface area contributed by atoms with Crippen LogP contribution in [0.3, 0.4) is 0 Å². The van der Waals surface area contributed by atoms with Gasteiger partial charge in [0.2, 0.25) is 5.91 Å². The van der Waals surface area contributed by atoms with Crippen molar-refractivity contribution in [3.8, 4) is 0 Å². The maximum atomic E-state index is 11.4. The van der Waals surface area contributed by atoms with Crippen LogP contribution in [0.2, 0.25) is 0 Å². The molecule has 0 spiro atoms. The molecule has 0 radical (unpaired) electrons. The molecular formula is C9H17NO. The molecule has 0 rings (SSSR count). The van der Waals surface area contributed by atoms with Crippen LogP contribution in [0.15, 0.2) is 11.6 Å². The lowest BCUT2D eigenvalue weighted by Gasteiger charge is -2.15. The number of hydrogen-bond acceptors (Lipinski definition) is 1. The molecule has 0 saturated carbocycles. The average molecular weight is 155 g/mol. The second kappa shape index (κ2) is 4.94. The Balaban J connectivity index is 4.22. The summed E-state index contributed by atoms with van der Waals surface area (Å²) >= 11 is 0. The van der Waals surface area contributed by atoms with Gasteiger partial charge in [-0.25, -0.2) is 0 Å². The predicted molar refractivity (Wildman–Crippen MR) is 47.4 cm³/mol. The van der Waals surface area contributed by atoms with E-state index in [1.54, 1.807) is 4.90 Å². The number of amides is 1.